The smallest absolute Gasteiger partial charge is 0.224 e. The third kappa shape index (κ3) is 3.11. The first-order valence-electron chi connectivity index (χ1n) is 11.1. The number of carbonyl (C=O) groups excluding carboxylic acids is 2. The Hall–Kier alpha value is -1.06. The van der Waals surface area contributed by atoms with E-state index >= 15 is 0 Å². The molecule has 3 saturated carbocycles. The van der Waals surface area contributed by atoms with Gasteiger partial charge in [0.15, 0.2) is 0 Å². The summed E-state index contributed by atoms with van der Waals surface area (Å²) >= 11 is 0. The lowest BCUT2D eigenvalue weighted by molar-refractivity contribution is -0.140. The monoisotopic (exact) mass is 374 g/mol. The molecule has 3 aliphatic carbocycles. The summed E-state index contributed by atoms with van der Waals surface area (Å²) in [4.78, 5) is 25.1. The van der Waals surface area contributed by atoms with E-state index in [2.05, 4.69) is 45.3 Å². The summed E-state index contributed by atoms with van der Waals surface area (Å²) < 4.78 is 0. The molecule has 0 spiro atoms. The minimum absolute atomic E-state index is 0.114. The van der Waals surface area contributed by atoms with Crippen LogP contribution in [0.15, 0.2) is 0 Å². The molecule has 4 nitrogen and oxygen atoms in total. The third-order valence-corrected chi connectivity index (χ3v) is 8.86. The Morgan fingerprint density at radius 1 is 1.11 bits per heavy atom. The van der Waals surface area contributed by atoms with Crippen LogP contribution in [0.5, 0.6) is 0 Å². The Morgan fingerprint density at radius 3 is 2.56 bits per heavy atom. The Bertz CT molecular complexity index is 639. The maximum atomic E-state index is 13.1. The molecule has 1 heterocycles. The lowest BCUT2D eigenvalue weighted by Gasteiger charge is -2.59. The quantitative estimate of drug-likeness (QED) is 0.728. The Labute approximate surface area is 164 Å². The summed E-state index contributed by atoms with van der Waals surface area (Å²) in [7, 11) is 0. The number of hydrogen-bond acceptors (Lipinski definition) is 2. The predicted octanol–water partition coefficient (Wildman–Crippen LogP) is 4.04. The summed E-state index contributed by atoms with van der Waals surface area (Å²) in [6, 6.07) is 0.336. The number of hydrogen-bond donors (Lipinski definition) is 2. The molecule has 152 valence electrons. The fraction of sp³-hybridized carbons (Fsp3) is 0.913. The van der Waals surface area contributed by atoms with Gasteiger partial charge in [-0.05, 0) is 94.3 Å². The third-order valence-electron chi connectivity index (χ3n) is 8.86. The van der Waals surface area contributed by atoms with Crippen molar-refractivity contribution in [2.24, 2.45) is 34.5 Å². The second-order valence-electron chi connectivity index (χ2n) is 11.6. The normalized spacial score (nSPS) is 46.7. The van der Waals surface area contributed by atoms with E-state index in [9.17, 15) is 9.59 Å². The molecule has 0 aromatic rings. The number of amides is 2. The van der Waals surface area contributed by atoms with Crippen molar-refractivity contribution in [2.45, 2.75) is 97.6 Å². The summed E-state index contributed by atoms with van der Waals surface area (Å²) in [6.45, 7) is 11.1. The first kappa shape index (κ1) is 19.3. The summed E-state index contributed by atoms with van der Waals surface area (Å²) in [5.41, 5.74) is 0.152. The molecule has 27 heavy (non-hydrogen) atoms. The predicted molar refractivity (Wildman–Crippen MR) is 107 cm³/mol. The molecular weight excluding hydrogens is 336 g/mol. The van der Waals surface area contributed by atoms with Gasteiger partial charge in [-0.1, -0.05) is 13.8 Å². The lowest BCUT2D eigenvalue weighted by Crippen LogP contribution is -2.61. The molecule has 0 aromatic heterocycles. The van der Waals surface area contributed by atoms with Crippen molar-refractivity contribution in [1.29, 1.82) is 0 Å². The van der Waals surface area contributed by atoms with Crippen molar-refractivity contribution in [3.8, 4) is 0 Å². The van der Waals surface area contributed by atoms with E-state index in [0.717, 1.165) is 31.6 Å². The van der Waals surface area contributed by atoms with Gasteiger partial charge in [-0.25, -0.2) is 0 Å². The molecule has 1 aliphatic heterocycles. The lowest BCUT2D eigenvalue weighted by atomic mass is 9.47. The molecular formula is C23H38N2O2. The van der Waals surface area contributed by atoms with Crippen LogP contribution in [0.1, 0.15) is 86.0 Å². The first-order valence-corrected chi connectivity index (χ1v) is 11.1. The highest BCUT2D eigenvalue weighted by Gasteiger charge is 2.60. The Morgan fingerprint density at radius 2 is 1.85 bits per heavy atom. The van der Waals surface area contributed by atoms with Crippen LogP contribution in [-0.4, -0.2) is 23.4 Å². The molecule has 0 radical (unpaired) electrons. The second kappa shape index (κ2) is 6.22. The van der Waals surface area contributed by atoms with E-state index in [1.165, 1.54) is 19.3 Å². The van der Waals surface area contributed by atoms with E-state index in [-0.39, 0.29) is 34.1 Å². The summed E-state index contributed by atoms with van der Waals surface area (Å²) in [5.74, 6) is 2.75. The molecule has 4 heteroatoms. The number of piperidine rings is 1. The minimum atomic E-state index is -0.168. The molecule has 7 atom stereocenters. The fourth-order valence-electron chi connectivity index (χ4n) is 7.37. The zero-order valence-electron chi connectivity index (χ0n) is 17.9. The highest BCUT2D eigenvalue weighted by atomic mass is 16.2. The standard InChI is InChI=1S/C23H38N2O2/c1-21(2,3)25-20(27)16-8-7-15-12-14-6-9-18-22(4,11-10-19(26)24-18)17(14)13-23(15,16)5/h14-18H,6-13H2,1-5H3,(H,24,26)(H,25,27)/t14-,15+,16+,17-,18+,22+,23+/m0/s1. The van der Waals surface area contributed by atoms with Crippen LogP contribution >= 0.6 is 0 Å². The van der Waals surface area contributed by atoms with E-state index in [1.807, 2.05) is 0 Å². The van der Waals surface area contributed by atoms with Crippen LogP contribution in [0.2, 0.25) is 0 Å². The second-order valence-corrected chi connectivity index (χ2v) is 11.6. The SMILES string of the molecule is CC(C)(C)NC(=O)[C@H]1CC[C@@H]2C[C@@H]3CC[C@H]4NC(=O)CC[C@]4(C)[C@H]3C[C@]21C. The maximum absolute atomic E-state index is 13.1. The number of nitrogens with one attached hydrogen (secondary N) is 2. The van der Waals surface area contributed by atoms with E-state index in [1.54, 1.807) is 0 Å². The molecule has 4 rings (SSSR count). The van der Waals surface area contributed by atoms with Crippen molar-refractivity contribution in [1.82, 2.24) is 10.6 Å². The van der Waals surface area contributed by atoms with Gasteiger partial charge in [-0.3, -0.25) is 9.59 Å². The van der Waals surface area contributed by atoms with Crippen LogP contribution < -0.4 is 10.6 Å². The Balaban J connectivity index is 1.59. The van der Waals surface area contributed by atoms with Crippen LogP contribution in [0.25, 0.3) is 0 Å². The maximum Gasteiger partial charge on any atom is 0.224 e. The minimum Gasteiger partial charge on any atom is -0.353 e. The molecule has 0 unspecified atom stereocenters. The molecule has 4 aliphatic rings. The number of carbonyl (C=O) groups is 2. The van der Waals surface area contributed by atoms with Crippen LogP contribution in [0.4, 0.5) is 0 Å². The van der Waals surface area contributed by atoms with Gasteiger partial charge in [0.05, 0.1) is 0 Å². The molecule has 2 amide bonds. The highest BCUT2D eigenvalue weighted by molar-refractivity contribution is 5.80. The number of rotatable bonds is 1. The zero-order valence-corrected chi connectivity index (χ0v) is 17.9. The van der Waals surface area contributed by atoms with Crippen molar-refractivity contribution < 1.29 is 9.59 Å². The van der Waals surface area contributed by atoms with Crippen molar-refractivity contribution in [3.63, 3.8) is 0 Å². The van der Waals surface area contributed by atoms with Crippen molar-refractivity contribution in [2.75, 3.05) is 0 Å². The van der Waals surface area contributed by atoms with Gasteiger partial charge in [0.25, 0.3) is 0 Å². The van der Waals surface area contributed by atoms with Crippen molar-refractivity contribution in [3.05, 3.63) is 0 Å². The molecule has 1 saturated heterocycles. The first-order chi connectivity index (χ1) is 12.5. The van der Waals surface area contributed by atoms with E-state index in [0.29, 0.717) is 24.3 Å². The van der Waals surface area contributed by atoms with Gasteiger partial charge in [0, 0.05) is 23.9 Å². The fourth-order valence-corrected chi connectivity index (χ4v) is 7.37. The van der Waals surface area contributed by atoms with Crippen molar-refractivity contribution >= 4 is 11.8 Å². The van der Waals surface area contributed by atoms with Gasteiger partial charge in [0.1, 0.15) is 0 Å². The molecule has 4 fully saturated rings. The Kier molecular flexibility index (Phi) is 4.44. The summed E-state index contributed by atoms with van der Waals surface area (Å²) in [6.07, 6.45) is 8.77. The van der Waals surface area contributed by atoms with E-state index in [4.69, 9.17) is 0 Å². The van der Waals surface area contributed by atoms with Gasteiger partial charge in [-0.2, -0.15) is 0 Å². The molecule has 0 aromatic carbocycles. The molecule has 2 N–H and O–H groups in total. The number of fused-ring (bicyclic) bond motifs is 4. The van der Waals surface area contributed by atoms with Gasteiger partial charge >= 0.3 is 0 Å². The highest BCUT2D eigenvalue weighted by Crippen LogP contribution is 2.64. The van der Waals surface area contributed by atoms with Gasteiger partial charge in [-0.15, -0.1) is 0 Å². The average molecular weight is 375 g/mol. The van der Waals surface area contributed by atoms with E-state index < -0.39 is 0 Å². The zero-order chi connectivity index (χ0) is 19.6. The van der Waals surface area contributed by atoms with Crippen LogP contribution in [-0.2, 0) is 9.59 Å². The van der Waals surface area contributed by atoms with Crippen LogP contribution in [0, 0.1) is 34.5 Å². The molecule has 0 bridgehead atoms. The van der Waals surface area contributed by atoms with Crippen LogP contribution in [0.3, 0.4) is 0 Å². The largest absolute Gasteiger partial charge is 0.353 e. The average Bonchev–Trinajstić information content (AvgIpc) is 2.89. The topological polar surface area (TPSA) is 58.2 Å². The van der Waals surface area contributed by atoms with Gasteiger partial charge in [0.2, 0.25) is 11.8 Å². The summed E-state index contributed by atoms with van der Waals surface area (Å²) in [5, 5.41) is 6.58. The van der Waals surface area contributed by atoms with Gasteiger partial charge < -0.3 is 10.6 Å².